The molecule has 39 heavy (non-hydrogen) atoms. The van der Waals surface area contributed by atoms with Crippen molar-refractivity contribution in [3.05, 3.63) is 136 Å². The van der Waals surface area contributed by atoms with Crippen molar-refractivity contribution in [2.45, 2.75) is 19.5 Å². The van der Waals surface area contributed by atoms with Gasteiger partial charge in [0.25, 0.3) is 0 Å². The van der Waals surface area contributed by atoms with Gasteiger partial charge in [-0.1, -0.05) is 72.5 Å². The minimum atomic E-state index is -4.54. The number of carbonyl (C=O) groups is 1. The summed E-state index contributed by atoms with van der Waals surface area (Å²) >= 11 is 0. The smallest absolute Gasteiger partial charge is 0.418 e. The molecule has 0 fully saturated rings. The number of fused-ring (bicyclic) bond motifs is 1. The molecule has 6 heteroatoms. The summed E-state index contributed by atoms with van der Waals surface area (Å²) in [4.78, 5) is 15.6. The summed E-state index contributed by atoms with van der Waals surface area (Å²) in [6, 6.07) is 25.9. The highest BCUT2D eigenvalue weighted by molar-refractivity contribution is 5.98. The van der Waals surface area contributed by atoms with E-state index in [2.05, 4.69) is 16.8 Å². The molecule has 0 spiro atoms. The monoisotopic (exact) mass is 521 g/mol. The van der Waals surface area contributed by atoms with Gasteiger partial charge in [-0.05, 0) is 71.5 Å². The Morgan fingerprint density at radius 3 is 2.41 bits per heavy atom. The van der Waals surface area contributed by atoms with Crippen LogP contribution in [-0.4, -0.2) is 16.1 Å². The predicted octanol–water partition coefficient (Wildman–Crippen LogP) is 7.92. The van der Waals surface area contributed by atoms with E-state index in [-0.39, 0.29) is 11.1 Å². The fraction of sp³-hybridized carbons (Fsp3) is 0.0909. The minimum Gasteiger partial charge on any atom is -0.478 e. The summed E-state index contributed by atoms with van der Waals surface area (Å²) < 4.78 is 41.5. The van der Waals surface area contributed by atoms with E-state index in [1.807, 2.05) is 61.5 Å². The van der Waals surface area contributed by atoms with Gasteiger partial charge in [0.05, 0.1) is 16.6 Å². The van der Waals surface area contributed by atoms with Crippen LogP contribution in [0.3, 0.4) is 0 Å². The molecule has 1 N–H and O–H groups in total. The van der Waals surface area contributed by atoms with Crippen LogP contribution >= 0.6 is 0 Å². The van der Waals surface area contributed by atoms with Crippen LogP contribution < -0.4 is 0 Å². The number of aromatic nitrogens is 1. The van der Waals surface area contributed by atoms with Crippen molar-refractivity contribution in [3.8, 4) is 23.0 Å². The topological polar surface area (TPSA) is 50.2 Å². The Hall–Kier alpha value is -4.89. The summed E-state index contributed by atoms with van der Waals surface area (Å²) in [6.45, 7) is 1.85. The fourth-order valence-electron chi connectivity index (χ4n) is 4.57. The van der Waals surface area contributed by atoms with Gasteiger partial charge in [-0.25, -0.2) is 4.79 Å². The predicted molar refractivity (Wildman–Crippen MR) is 146 cm³/mol. The second-order valence-corrected chi connectivity index (χ2v) is 9.19. The van der Waals surface area contributed by atoms with E-state index in [0.717, 1.165) is 28.3 Å². The Morgan fingerprint density at radius 2 is 1.67 bits per heavy atom. The van der Waals surface area contributed by atoms with Crippen LogP contribution in [0.15, 0.2) is 97.2 Å². The lowest BCUT2D eigenvalue weighted by Gasteiger charge is -2.16. The zero-order chi connectivity index (χ0) is 27.6. The lowest BCUT2D eigenvalue weighted by Crippen LogP contribution is -2.07. The highest BCUT2D eigenvalue weighted by Gasteiger charge is 2.33. The van der Waals surface area contributed by atoms with Gasteiger partial charge in [0, 0.05) is 22.7 Å². The van der Waals surface area contributed by atoms with Crippen molar-refractivity contribution in [1.82, 2.24) is 4.98 Å². The maximum atomic E-state index is 13.8. The standard InChI is InChI=1S/C33H22F3NO2/c1-21-13-15-26(32(38)39)19-24(21)16-14-23-9-5-10-25(17-23)30-27(18-22-7-3-2-4-8-22)20-37-31-28(30)11-6-12-29(31)33(34,35)36/h2-13,15,17,19-20H,18H2,1H3,(H,38,39). The van der Waals surface area contributed by atoms with Gasteiger partial charge in [-0.15, -0.1) is 0 Å². The number of rotatable bonds is 4. The van der Waals surface area contributed by atoms with Gasteiger partial charge in [-0.2, -0.15) is 13.2 Å². The molecular weight excluding hydrogens is 499 g/mol. The lowest BCUT2D eigenvalue weighted by atomic mass is 9.91. The van der Waals surface area contributed by atoms with E-state index >= 15 is 0 Å². The molecule has 0 atom stereocenters. The van der Waals surface area contributed by atoms with Crippen LogP contribution in [0.2, 0.25) is 0 Å². The number of alkyl halides is 3. The molecule has 5 rings (SSSR count). The number of aryl methyl sites for hydroxylation is 1. The van der Waals surface area contributed by atoms with Gasteiger partial charge in [0.15, 0.2) is 0 Å². The number of aromatic carboxylic acids is 1. The van der Waals surface area contributed by atoms with E-state index in [0.29, 0.717) is 28.5 Å². The Labute approximate surface area is 223 Å². The van der Waals surface area contributed by atoms with Crippen molar-refractivity contribution >= 4 is 16.9 Å². The molecule has 0 amide bonds. The first-order valence-electron chi connectivity index (χ1n) is 12.2. The van der Waals surface area contributed by atoms with Crippen molar-refractivity contribution in [2.75, 3.05) is 0 Å². The number of hydrogen-bond donors (Lipinski definition) is 1. The molecule has 5 aromatic rings. The van der Waals surface area contributed by atoms with Gasteiger partial charge >= 0.3 is 12.1 Å². The van der Waals surface area contributed by atoms with Gasteiger partial charge in [0.2, 0.25) is 0 Å². The highest BCUT2D eigenvalue weighted by Crippen LogP contribution is 2.39. The number of nitrogens with zero attached hydrogens (tertiary/aromatic N) is 1. The Balaban J connectivity index is 1.66. The third-order valence-corrected chi connectivity index (χ3v) is 6.50. The molecule has 1 aromatic heterocycles. The Morgan fingerprint density at radius 1 is 0.897 bits per heavy atom. The van der Waals surface area contributed by atoms with Crippen molar-refractivity contribution in [1.29, 1.82) is 0 Å². The number of benzene rings is 4. The van der Waals surface area contributed by atoms with Crippen molar-refractivity contribution in [2.24, 2.45) is 0 Å². The van der Waals surface area contributed by atoms with Gasteiger partial charge in [0.1, 0.15) is 0 Å². The summed E-state index contributed by atoms with van der Waals surface area (Å²) in [7, 11) is 0. The van der Waals surface area contributed by atoms with Crippen molar-refractivity contribution < 1.29 is 23.1 Å². The van der Waals surface area contributed by atoms with Gasteiger partial charge in [-0.3, -0.25) is 4.98 Å². The largest absolute Gasteiger partial charge is 0.478 e. The second-order valence-electron chi connectivity index (χ2n) is 9.19. The zero-order valence-corrected chi connectivity index (χ0v) is 20.9. The lowest BCUT2D eigenvalue weighted by molar-refractivity contribution is -0.136. The molecule has 192 valence electrons. The van der Waals surface area contributed by atoms with E-state index in [1.54, 1.807) is 12.1 Å². The first kappa shape index (κ1) is 25.7. The SMILES string of the molecule is Cc1ccc(C(=O)O)cc1C#Cc1cccc(-c2c(Cc3ccccc3)cnc3c(C(F)(F)F)cccc23)c1. The number of pyridine rings is 1. The normalized spacial score (nSPS) is 11.2. The Bertz CT molecular complexity index is 1760. The number of carboxylic acid groups (broad SMARTS) is 1. The third-order valence-electron chi connectivity index (χ3n) is 6.50. The van der Waals surface area contributed by atoms with E-state index in [4.69, 9.17) is 0 Å². The van der Waals surface area contributed by atoms with E-state index < -0.39 is 17.7 Å². The van der Waals surface area contributed by atoms with Crippen LogP contribution in [0.5, 0.6) is 0 Å². The van der Waals surface area contributed by atoms with E-state index in [1.165, 1.54) is 24.4 Å². The number of hydrogen-bond acceptors (Lipinski definition) is 2. The average molecular weight is 522 g/mol. The fourth-order valence-corrected chi connectivity index (χ4v) is 4.57. The molecule has 1 heterocycles. The molecule has 0 radical (unpaired) electrons. The molecule has 3 nitrogen and oxygen atoms in total. The highest BCUT2D eigenvalue weighted by atomic mass is 19.4. The van der Waals surface area contributed by atoms with Gasteiger partial charge < -0.3 is 5.11 Å². The Kier molecular flexibility index (Phi) is 6.91. The molecule has 0 saturated heterocycles. The number of halogens is 3. The zero-order valence-electron chi connectivity index (χ0n) is 20.9. The van der Waals surface area contributed by atoms with Crippen LogP contribution in [-0.2, 0) is 12.6 Å². The van der Waals surface area contributed by atoms with Crippen LogP contribution in [0.25, 0.3) is 22.0 Å². The summed E-state index contributed by atoms with van der Waals surface area (Å²) in [6.07, 6.45) is -2.52. The quantitative estimate of drug-likeness (QED) is 0.245. The maximum Gasteiger partial charge on any atom is 0.418 e. The van der Waals surface area contributed by atoms with Crippen LogP contribution in [0.1, 0.15) is 43.7 Å². The number of carboxylic acids is 1. The summed E-state index contributed by atoms with van der Waals surface area (Å²) in [5, 5.41) is 9.72. The van der Waals surface area contributed by atoms with Crippen molar-refractivity contribution in [3.63, 3.8) is 0 Å². The second kappa shape index (κ2) is 10.5. The molecule has 0 bridgehead atoms. The molecule has 0 aliphatic carbocycles. The average Bonchev–Trinajstić information content (AvgIpc) is 2.92. The molecule has 4 aromatic carbocycles. The molecular formula is C33H22F3NO2. The van der Waals surface area contributed by atoms with Crippen LogP contribution in [0.4, 0.5) is 13.2 Å². The minimum absolute atomic E-state index is 0.102. The number of para-hydroxylation sites is 1. The summed E-state index contributed by atoms with van der Waals surface area (Å²) in [5.74, 6) is 5.11. The summed E-state index contributed by atoms with van der Waals surface area (Å²) in [5.41, 5.74) is 4.54. The molecule has 0 saturated carbocycles. The first-order valence-corrected chi connectivity index (χ1v) is 12.2. The van der Waals surface area contributed by atoms with E-state index in [9.17, 15) is 23.1 Å². The molecule has 0 aliphatic heterocycles. The van der Waals surface area contributed by atoms with Crippen LogP contribution in [0, 0.1) is 18.8 Å². The maximum absolute atomic E-state index is 13.8. The molecule has 0 aliphatic rings. The third kappa shape index (κ3) is 5.53. The first-order chi connectivity index (χ1) is 18.7. The molecule has 0 unspecified atom stereocenters.